The summed E-state index contributed by atoms with van der Waals surface area (Å²) in [5.74, 6) is 0.549. The van der Waals surface area contributed by atoms with Gasteiger partial charge in [0.05, 0.1) is 7.11 Å². The lowest BCUT2D eigenvalue weighted by Gasteiger charge is -2.16. The summed E-state index contributed by atoms with van der Waals surface area (Å²) >= 11 is 0. The van der Waals surface area contributed by atoms with Crippen molar-refractivity contribution in [1.29, 1.82) is 0 Å². The van der Waals surface area contributed by atoms with Gasteiger partial charge in [0, 0.05) is 0 Å². The van der Waals surface area contributed by atoms with Crippen molar-refractivity contribution in [2.24, 2.45) is 0 Å². The SMILES string of the molecule is COc1cc(C)ccc1OCC(=O)NNC(=O)[C@H](C)Oc1ccc2ccccc2c1. The summed E-state index contributed by atoms with van der Waals surface area (Å²) in [7, 11) is 1.53. The number of hydrogen-bond donors (Lipinski definition) is 2. The fourth-order valence-electron chi connectivity index (χ4n) is 2.80. The molecular weight excluding hydrogens is 384 g/mol. The first-order chi connectivity index (χ1) is 14.5. The van der Waals surface area contributed by atoms with Gasteiger partial charge in [-0.05, 0) is 54.4 Å². The maximum Gasteiger partial charge on any atom is 0.279 e. The van der Waals surface area contributed by atoms with Crippen molar-refractivity contribution in [3.05, 3.63) is 66.2 Å². The number of fused-ring (bicyclic) bond motifs is 1. The summed E-state index contributed by atoms with van der Waals surface area (Å²) in [4.78, 5) is 24.2. The number of hydrazine groups is 1. The van der Waals surface area contributed by atoms with Gasteiger partial charge in [0.1, 0.15) is 5.75 Å². The molecular formula is C23H24N2O5. The summed E-state index contributed by atoms with van der Waals surface area (Å²) in [6, 6.07) is 18.8. The van der Waals surface area contributed by atoms with Gasteiger partial charge in [0.25, 0.3) is 11.8 Å². The van der Waals surface area contributed by atoms with Crippen molar-refractivity contribution in [1.82, 2.24) is 10.9 Å². The highest BCUT2D eigenvalue weighted by atomic mass is 16.5. The first kappa shape index (κ1) is 21.0. The Morgan fingerprint density at radius 3 is 2.47 bits per heavy atom. The van der Waals surface area contributed by atoms with Gasteiger partial charge in [0.15, 0.2) is 24.2 Å². The molecule has 1 atom stereocenters. The van der Waals surface area contributed by atoms with Crippen molar-refractivity contribution in [2.75, 3.05) is 13.7 Å². The minimum absolute atomic E-state index is 0.278. The van der Waals surface area contributed by atoms with E-state index in [0.717, 1.165) is 16.3 Å². The van der Waals surface area contributed by atoms with E-state index in [0.29, 0.717) is 17.2 Å². The molecule has 0 bridgehead atoms. The zero-order chi connectivity index (χ0) is 21.5. The molecule has 0 aliphatic rings. The Labute approximate surface area is 174 Å². The summed E-state index contributed by atoms with van der Waals surface area (Å²) in [5, 5.41) is 2.10. The third kappa shape index (κ3) is 5.41. The second-order valence-electron chi connectivity index (χ2n) is 6.75. The Morgan fingerprint density at radius 1 is 0.933 bits per heavy atom. The number of carbonyl (C=O) groups excluding carboxylic acids is 2. The minimum Gasteiger partial charge on any atom is -0.493 e. The van der Waals surface area contributed by atoms with Crippen LogP contribution >= 0.6 is 0 Å². The van der Waals surface area contributed by atoms with Crippen molar-refractivity contribution < 1.29 is 23.8 Å². The molecule has 30 heavy (non-hydrogen) atoms. The monoisotopic (exact) mass is 408 g/mol. The average Bonchev–Trinajstić information content (AvgIpc) is 2.76. The number of aryl methyl sites for hydroxylation is 1. The van der Waals surface area contributed by atoms with Gasteiger partial charge in [-0.2, -0.15) is 0 Å². The molecule has 2 N–H and O–H groups in total. The first-order valence-corrected chi connectivity index (χ1v) is 9.48. The standard InChI is InChI=1S/C23H24N2O5/c1-15-8-11-20(21(12-15)28-3)29-14-22(26)24-25-23(27)16(2)30-19-10-9-17-6-4-5-7-18(17)13-19/h4-13,16H,14H2,1-3H3,(H,24,26)(H,25,27)/t16-/m0/s1. The molecule has 0 saturated heterocycles. The Kier molecular flexibility index (Phi) is 6.75. The molecule has 0 spiro atoms. The zero-order valence-corrected chi connectivity index (χ0v) is 17.1. The van der Waals surface area contributed by atoms with Crippen LogP contribution in [0.2, 0.25) is 0 Å². The molecule has 0 saturated carbocycles. The van der Waals surface area contributed by atoms with Gasteiger partial charge < -0.3 is 14.2 Å². The summed E-state index contributed by atoms with van der Waals surface area (Å²) in [6.45, 7) is 3.25. The second-order valence-corrected chi connectivity index (χ2v) is 6.75. The molecule has 0 fully saturated rings. The molecule has 0 aliphatic carbocycles. The number of rotatable bonds is 7. The summed E-state index contributed by atoms with van der Waals surface area (Å²) in [5.41, 5.74) is 5.66. The van der Waals surface area contributed by atoms with Crippen LogP contribution in [-0.2, 0) is 9.59 Å². The normalized spacial score (nSPS) is 11.4. The maximum atomic E-state index is 12.2. The number of methoxy groups -OCH3 is 1. The first-order valence-electron chi connectivity index (χ1n) is 9.48. The lowest BCUT2D eigenvalue weighted by molar-refractivity contribution is -0.133. The number of ether oxygens (including phenoxy) is 3. The molecule has 0 radical (unpaired) electrons. The molecule has 3 aromatic rings. The van der Waals surface area contributed by atoms with E-state index >= 15 is 0 Å². The van der Waals surface area contributed by atoms with Gasteiger partial charge in [-0.25, -0.2) is 0 Å². The molecule has 0 heterocycles. The smallest absolute Gasteiger partial charge is 0.279 e. The lowest BCUT2D eigenvalue weighted by Crippen LogP contribution is -2.48. The zero-order valence-electron chi connectivity index (χ0n) is 17.1. The van der Waals surface area contributed by atoms with Crippen LogP contribution in [0.4, 0.5) is 0 Å². The van der Waals surface area contributed by atoms with E-state index in [4.69, 9.17) is 14.2 Å². The van der Waals surface area contributed by atoms with Crippen LogP contribution in [0, 0.1) is 6.92 Å². The summed E-state index contributed by atoms with van der Waals surface area (Å²) in [6.07, 6.45) is -0.801. The fraction of sp³-hybridized carbons (Fsp3) is 0.217. The number of carbonyl (C=O) groups is 2. The predicted molar refractivity (Wildman–Crippen MR) is 114 cm³/mol. The van der Waals surface area contributed by atoms with E-state index in [-0.39, 0.29) is 6.61 Å². The van der Waals surface area contributed by atoms with Crippen molar-refractivity contribution in [3.63, 3.8) is 0 Å². The average molecular weight is 408 g/mol. The Morgan fingerprint density at radius 2 is 1.70 bits per heavy atom. The lowest BCUT2D eigenvalue weighted by atomic mass is 10.1. The largest absolute Gasteiger partial charge is 0.493 e. The van der Waals surface area contributed by atoms with Crippen LogP contribution in [0.1, 0.15) is 12.5 Å². The van der Waals surface area contributed by atoms with Gasteiger partial charge in [-0.1, -0.05) is 36.4 Å². The van der Waals surface area contributed by atoms with Crippen molar-refractivity contribution >= 4 is 22.6 Å². The van der Waals surface area contributed by atoms with Gasteiger partial charge >= 0.3 is 0 Å². The van der Waals surface area contributed by atoms with Crippen LogP contribution in [0.15, 0.2) is 60.7 Å². The molecule has 2 amide bonds. The highest BCUT2D eigenvalue weighted by Gasteiger charge is 2.16. The summed E-state index contributed by atoms with van der Waals surface area (Å²) < 4.78 is 16.4. The molecule has 156 valence electrons. The highest BCUT2D eigenvalue weighted by Crippen LogP contribution is 2.27. The molecule has 7 nitrogen and oxygen atoms in total. The van der Waals surface area contributed by atoms with Crippen LogP contribution < -0.4 is 25.1 Å². The van der Waals surface area contributed by atoms with Crippen LogP contribution in [-0.4, -0.2) is 31.6 Å². The predicted octanol–water partition coefficient (Wildman–Crippen LogP) is 3.15. The van der Waals surface area contributed by atoms with Crippen LogP contribution in [0.25, 0.3) is 10.8 Å². The van der Waals surface area contributed by atoms with Crippen LogP contribution in [0.5, 0.6) is 17.2 Å². The molecule has 7 heteroatoms. The van der Waals surface area contributed by atoms with Gasteiger partial charge in [0.2, 0.25) is 0 Å². The fourth-order valence-corrected chi connectivity index (χ4v) is 2.80. The van der Waals surface area contributed by atoms with Crippen LogP contribution in [0.3, 0.4) is 0 Å². The van der Waals surface area contributed by atoms with Gasteiger partial charge in [-0.15, -0.1) is 0 Å². The molecule has 3 aromatic carbocycles. The van der Waals surface area contributed by atoms with E-state index in [9.17, 15) is 9.59 Å². The van der Waals surface area contributed by atoms with E-state index < -0.39 is 17.9 Å². The molecule has 3 rings (SSSR count). The van der Waals surface area contributed by atoms with Crippen molar-refractivity contribution in [2.45, 2.75) is 20.0 Å². The third-order valence-corrected chi connectivity index (χ3v) is 4.41. The number of hydrogen-bond acceptors (Lipinski definition) is 5. The number of benzene rings is 3. The number of nitrogens with one attached hydrogen (secondary N) is 2. The van der Waals surface area contributed by atoms with Crippen molar-refractivity contribution in [3.8, 4) is 17.2 Å². The number of amides is 2. The molecule has 0 aliphatic heterocycles. The topological polar surface area (TPSA) is 85.9 Å². The molecule has 0 unspecified atom stereocenters. The Bertz CT molecular complexity index is 1050. The third-order valence-electron chi connectivity index (χ3n) is 4.41. The minimum atomic E-state index is -0.801. The Hall–Kier alpha value is -3.74. The maximum absolute atomic E-state index is 12.2. The Balaban J connectivity index is 1.47. The van der Waals surface area contributed by atoms with E-state index in [1.165, 1.54) is 7.11 Å². The van der Waals surface area contributed by atoms with E-state index in [1.54, 1.807) is 25.1 Å². The van der Waals surface area contributed by atoms with E-state index in [1.807, 2.05) is 49.4 Å². The highest BCUT2D eigenvalue weighted by molar-refractivity contribution is 5.86. The molecule has 0 aromatic heterocycles. The van der Waals surface area contributed by atoms with E-state index in [2.05, 4.69) is 10.9 Å². The quantitative estimate of drug-likeness (QED) is 0.587. The second kappa shape index (κ2) is 9.65. The van der Waals surface area contributed by atoms with Gasteiger partial charge in [-0.3, -0.25) is 20.4 Å².